The first-order valence-corrected chi connectivity index (χ1v) is 28.3. The summed E-state index contributed by atoms with van der Waals surface area (Å²) in [7, 11) is 0. The predicted molar refractivity (Wildman–Crippen MR) is 292 cm³/mol. The van der Waals surface area contributed by atoms with Crippen molar-refractivity contribution in [3.8, 4) is 0 Å². The van der Waals surface area contributed by atoms with Gasteiger partial charge in [0.1, 0.15) is 31.6 Å². The maximum atomic E-state index is 13.0. The van der Waals surface area contributed by atoms with Crippen LogP contribution < -0.4 is 27.0 Å². The SMILES string of the molecule is CC(=O)OCc1ccc(NC(=O)[C@H](CCCCN)NC(=O)COCC(=O)NCCOCCOCCOCCOCCOCCOCCOCCOCCn2cc(CNC(=O)C3CCC(CN4C(=O)CC(I)C4=O)CC3)nn2)cc1. The average molecular weight is 1230 g/mol. The zero-order valence-electron chi connectivity index (χ0n) is 45.5. The molecular weight excluding hydrogens is 1150 g/mol. The Hall–Kier alpha value is -4.82. The number of anilines is 1. The van der Waals surface area contributed by atoms with E-state index in [-0.39, 0.29) is 66.3 Å². The molecule has 2 fully saturated rings. The minimum absolute atomic E-state index is 0.0113. The lowest BCUT2D eigenvalue weighted by Gasteiger charge is -2.30. The minimum atomic E-state index is -0.841. The Morgan fingerprint density at radius 3 is 1.81 bits per heavy atom. The predicted octanol–water partition coefficient (Wildman–Crippen LogP) is 0.844. The Bertz CT molecular complexity index is 2080. The lowest BCUT2D eigenvalue weighted by Crippen LogP contribution is -2.45. The van der Waals surface area contributed by atoms with Crippen molar-refractivity contribution in [1.29, 1.82) is 0 Å². The van der Waals surface area contributed by atoms with E-state index in [1.165, 1.54) is 11.8 Å². The largest absolute Gasteiger partial charge is 0.461 e. The molecule has 2 heterocycles. The van der Waals surface area contributed by atoms with Crippen molar-refractivity contribution >= 4 is 69.7 Å². The first-order chi connectivity index (χ1) is 38.4. The Balaban J connectivity index is 0.831. The molecule has 1 unspecified atom stereocenters. The van der Waals surface area contributed by atoms with Gasteiger partial charge in [-0.25, -0.2) is 4.68 Å². The summed E-state index contributed by atoms with van der Waals surface area (Å²) in [6, 6.07) is 5.95. The lowest BCUT2D eigenvalue weighted by molar-refractivity contribution is -0.142. The Labute approximate surface area is 475 Å². The molecule has 1 aliphatic carbocycles. The van der Waals surface area contributed by atoms with Crippen molar-refractivity contribution in [1.82, 2.24) is 35.8 Å². The summed E-state index contributed by atoms with van der Waals surface area (Å²) in [6.07, 6.45) is 6.80. The molecule has 1 saturated heterocycles. The monoisotopic (exact) mass is 1230 g/mol. The van der Waals surface area contributed by atoms with Crippen LogP contribution in [0, 0.1) is 11.8 Å². The van der Waals surface area contributed by atoms with Gasteiger partial charge in [0.2, 0.25) is 35.4 Å². The number of likely N-dealkylation sites (tertiary alicyclic amines) is 1. The van der Waals surface area contributed by atoms with Crippen LogP contribution in [0.1, 0.15) is 69.5 Å². The molecule has 444 valence electrons. The van der Waals surface area contributed by atoms with E-state index in [1.807, 2.05) is 22.6 Å². The van der Waals surface area contributed by atoms with Crippen molar-refractivity contribution in [2.24, 2.45) is 17.6 Å². The molecule has 0 radical (unpaired) electrons. The van der Waals surface area contributed by atoms with E-state index in [2.05, 4.69) is 31.6 Å². The van der Waals surface area contributed by atoms with Crippen LogP contribution in [0.3, 0.4) is 0 Å². The highest BCUT2D eigenvalue weighted by atomic mass is 127. The third-order valence-corrected chi connectivity index (χ3v) is 13.2. The van der Waals surface area contributed by atoms with Crippen LogP contribution in [0.2, 0.25) is 0 Å². The first-order valence-electron chi connectivity index (χ1n) is 27.1. The lowest BCUT2D eigenvalue weighted by atomic mass is 9.81. The number of hydrogen-bond donors (Lipinski definition) is 5. The number of nitrogens with zero attached hydrogens (tertiary/aromatic N) is 4. The molecule has 79 heavy (non-hydrogen) atoms. The number of nitrogens with two attached hydrogens (primary N) is 1. The molecule has 27 heteroatoms. The number of carbonyl (C=O) groups is 7. The number of hydrogen-bond acceptors (Lipinski definition) is 20. The molecular formula is C52H82IN9O17. The van der Waals surface area contributed by atoms with Crippen molar-refractivity contribution in [3.63, 3.8) is 0 Å². The fraction of sp³-hybridized carbons (Fsp3) is 0.712. The van der Waals surface area contributed by atoms with Gasteiger partial charge in [-0.2, -0.15) is 0 Å². The van der Waals surface area contributed by atoms with Gasteiger partial charge in [-0.05, 0) is 75.1 Å². The van der Waals surface area contributed by atoms with Crippen LogP contribution in [0.5, 0.6) is 0 Å². The summed E-state index contributed by atoms with van der Waals surface area (Å²) in [4.78, 5) is 87.3. The van der Waals surface area contributed by atoms with Crippen LogP contribution in [0.25, 0.3) is 0 Å². The van der Waals surface area contributed by atoms with Crippen LogP contribution in [0.4, 0.5) is 5.69 Å². The summed E-state index contributed by atoms with van der Waals surface area (Å²) in [5.74, 6) is -1.82. The Kier molecular flexibility index (Phi) is 34.8. The molecule has 2 atom stereocenters. The second-order valence-corrected chi connectivity index (χ2v) is 20.0. The maximum absolute atomic E-state index is 13.0. The number of alkyl halides is 1. The summed E-state index contributed by atoms with van der Waals surface area (Å²) in [5.41, 5.74) is 7.53. The third-order valence-electron chi connectivity index (χ3n) is 12.2. The number of ether oxygens (including phenoxy) is 10. The third kappa shape index (κ3) is 30.0. The van der Waals surface area contributed by atoms with Crippen molar-refractivity contribution in [2.75, 3.05) is 144 Å². The molecule has 26 nitrogen and oxygen atoms in total. The molecule has 1 aromatic carbocycles. The van der Waals surface area contributed by atoms with Crippen LogP contribution >= 0.6 is 22.6 Å². The number of esters is 1. The number of aromatic nitrogens is 3. The highest BCUT2D eigenvalue weighted by molar-refractivity contribution is 14.1. The second kappa shape index (κ2) is 41.2. The first kappa shape index (κ1) is 66.7. The van der Waals surface area contributed by atoms with Crippen LogP contribution in [0.15, 0.2) is 30.5 Å². The number of benzene rings is 1. The number of nitrogens with one attached hydrogen (secondary N) is 4. The van der Waals surface area contributed by atoms with Crippen molar-refractivity contribution in [2.45, 2.75) is 88.0 Å². The molecule has 1 aliphatic heterocycles. The number of amides is 6. The highest BCUT2D eigenvalue weighted by Gasteiger charge is 2.39. The zero-order chi connectivity index (χ0) is 56.7. The molecule has 4 rings (SSSR count). The molecule has 6 N–H and O–H groups in total. The molecule has 6 amide bonds. The normalized spacial score (nSPS) is 16.7. The van der Waals surface area contributed by atoms with E-state index in [0.717, 1.165) is 31.2 Å². The standard InChI is InChI=1S/C52H82IN9O17/c1-39(63)79-36-41-7-11-43(12-8-41)57-51(68)46(4-2-3-13-54)58-48(65)38-78-37-47(64)55-14-16-70-18-20-72-22-24-74-26-28-76-30-31-77-29-27-75-25-23-73-21-19-71-17-15-61-35-44(59-60-61)33-56-50(67)42-9-5-40(6-10-42)34-62-49(66)32-45(53)52(62)69/h7-8,11-12,35,40,42,45-46H,2-6,9-10,13-34,36-38,54H2,1H3,(H,55,64)(H,56,67)(H,57,68)(H,58,65)/t40?,42?,45?,46-/m0/s1. The molecule has 1 aromatic heterocycles. The van der Waals surface area contributed by atoms with E-state index in [1.54, 1.807) is 35.1 Å². The van der Waals surface area contributed by atoms with Crippen molar-refractivity contribution < 1.29 is 80.9 Å². The summed E-state index contributed by atoms with van der Waals surface area (Å²) >= 11 is 2.03. The van der Waals surface area contributed by atoms with E-state index in [9.17, 15) is 33.6 Å². The summed E-state index contributed by atoms with van der Waals surface area (Å²) in [5, 5.41) is 19.3. The number of imide groups is 1. The van der Waals surface area contributed by atoms with Gasteiger partial charge < -0.3 is 74.4 Å². The molecule has 0 spiro atoms. The van der Waals surface area contributed by atoms with Crippen molar-refractivity contribution in [3.05, 3.63) is 41.7 Å². The van der Waals surface area contributed by atoms with Gasteiger partial charge in [-0.3, -0.25) is 38.5 Å². The molecule has 1 saturated carbocycles. The van der Waals surface area contributed by atoms with E-state index in [0.29, 0.717) is 156 Å². The molecule has 2 aromatic rings. The number of carbonyl (C=O) groups excluding carboxylic acids is 7. The smallest absolute Gasteiger partial charge is 0.302 e. The quantitative estimate of drug-likeness (QED) is 0.0202. The fourth-order valence-electron chi connectivity index (χ4n) is 8.00. The molecule has 0 bridgehead atoms. The number of halogens is 1. The van der Waals surface area contributed by atoms with E-state index in [4.69, 9.17) is 53.1 Å². The zero-order valence-corrected chi connectivity index (χ0v) is 47.7. The maximum Gasteiger partial charge on any atom is 0.302 e. The highest BCUT2D eigenvalue weighted by Crippen LogP contribution is 2.31. The topological polar surface area (TPSA) is 320 Å². The van der Waals surface area contributed by atoms with Gasteiger partial charge in [0, 0.05) is 38.0 Å². The van der Waals surface area contributed by atoms with Gasteiger partial charge >= 0.3 is 5.97 Å². The van der Waals surface area contributed by atoms with Gasteiger partial charge in [0.15, 0.2) is 0 Å². The minimum Gasteiger partial charge on any atom is -0.461 e. The van der Waals surface area contributed by atoms with Gasteiger partial charge in [0.05, 0.1) is 129 Å². The van der Waals surface area contributed by atoms with Crippen LogP contribution in [-0.2, 0) is 101 Å². The number of unbranched alkanes of at least 4 members (excludes halogenated alkanes) is 1. The van der Waals surface area contributed by atoms with E-state index >= 15 is 0 Å². The second-order valence-electron chi connectivity index (χ2n) is 18.5. The summed E-state index contributed by atoms with van der Waals surface area (Å²) < 4.78 is 55.9. The number of rotatable bonds is 45. The van der Waals surface area contributed by atoms with Gasteiger partial charge in [-0.15, -0.1) is 5.10 Å². The van der Waals surface area contributed by atoms with E-state index < -0.39 is 36.3 Å². The van der Waals surface area contributed by atoms with Gasteiger partial charge in [0.25, 0.3) is 0 Å². The Morgan fingerprint density at radius 1 is 0.709 bits per heavy atom. The summed E-state index contributed by atoms with van der Waals surface area (Å²) in [6.45, 7) is 9.09. The van der Waals surface area contributed by atoms with Gasteiger partial charge in [-0.1, -0.05) is 39.9 Å². The Morgan fingerprint density at radius 2 is 1.27 bits per heavy atom. The average Bonchev–Trinajstić information content (AvgIpc) is 4.00. The van der Waals surface area contributed by atoms with Crippen LogP contribution in [-0.4, -0.2) is 210 Å². The fourth-order valence-corrected chi connectivity index (χ4v) is 8.71. The molecule has 2 aliphatic rings.